The highest BCUT2D eigenvalue weighted by Gasteiger charge is 2.26. The molecule has 0 spiro atoms. The molecule has 0 heterocycles. The molecule has 1 aromatic rings. The number of nitrogens with zero attached hydrogens (tertiary/aromatic N) is 2. The predicted molar refractivity (Wildman–Crippen MR) is 136 cm³/mol. The minimum Gasteiger partial charge on any atom is -0.383 e. The van der Waals surface area contributed by atoms with Gasteiger partial charge in [0, 0.05) is 32.3 Å². The van der Waals surface area contributed by atoms with Crippen molar-refractivity contribution in [1.29, 1.82) is 5.41 Å². The Morgan fingerprint density at radius 2 is 1.94 bits per heavy atom. The van der Waals surface area contributed by atoms with E-state index in [-0.39, 0.29) is 23.4 Å². The van der Waals surface area contributed by atoms with E-state index in [1.165, 1.54) is 25.0 Å². The lowest BCUT2D eigenvalue weighted by molar-refractivity contribution is -0.131. The summed E-state index contributed by atoms with van der Waals surface area (Å²) >= 11 is 0. The number of amidine groups is 1. The molecule has 0 unspecified atom stereocenters. The monoisotopic (exact) mass is 471 g/mol. The summed E-state index contributed by atoms with van der Waals surface area (Å²) < 4.78 is 13.1. The summed E-state index contributed by atoms with van der Waals surface area (Å²) in [5.74, 6) is 0.891. The van der Waals surface area contributed by atoms with Crippen molar-refractivity contribution in [2.24, 2.45) is 22.6 Å². The van der Waals surface area contributed by atoms with Crippen LogP contribution in [0.4, 0.5) is 4.39 Å². The van der Waals surface area contributed by atoms with Crippen LogP contribution in [0.5, 0.6) is 0 Å². The van der Waals surface area contributed by atoms with Gasteiger partial charge in [-0.25, -0.2) is 9.38 Å². The third-order valence-corrected chi connectivity index (χ3v) is 5.40. The fourth-order valence-corrected chi connectivity index (χ4v) is 3.22. The molecule has 1 amide bonds. The Hall–Kier alpha value is -3.13. The topological polar surface area (TPSA) is 112 Å². The number of aliphatic imine (C=N–C) groups is 1. The number of nitrogens with two attached hydrogens (primary N) is 1. The Balaban J connectivity index is 0.00000281. The third-order valence-electron chi connectivity index (χ3n) is 5.40. The Morgan fingerprint density at radius 3 is 2.50 bits per heavy atom. The van der Waals surface area contributed by atoms with E-state index >= 15 is 0 Å². The van der Waals surface area contributed by atoms with Gasteiger partial charge < -0.3 is 26.2 Å². The SMILES string of the molecule is C=O.CNCCN(CC/C=C/N=C(N)/C(=C\C(=N)c1ccc(F)cc1)C(C)C)C(=O)CC1CC1. The standard InChI is InChI=1S/C25H36FN5O.CH2O/c1-18(2)22(17-23(27)20-8-10-21(26)11-9-20)25(28)30-12-4-5-14-31(15-13-29-3)24(32)16-19-6-7-19;1-2/h4,8-12,17-19,27,29H,5-7,13-16H2,1-3H3,(H2,28,30);1H2/b12-4+,22-17-,27-23?;. The largest absolute Gasteiger partial charge is 0.383 e. The maximum absolute atomic E-state index is 13.1. The molecule has 1 fully saturated rings. The second kappa shape index (κ2) is 15.7. The minimum atomic E-state index is -0.334. The van der Waals surface area contributed by atoms with Crippen LogP contribution in [0.1, 0.15) is 45.1 Å². The highest BCUT2D eigenvalue weighted by Crippen LogP contribution is 2.32. The molecule has 2 rings (SSSR count). The fraction of sp³-hybridized carbons (Fsp3) is 0.462. The van der Waals surface area contributed by atoms with Crippen LogP contribution in [0.2, 0.25) is 0 Å². The lowest BCUT2D eigenvalue weighted by atomic mass is 9.98. The maximum Gasteiger partial charge on any atom is 0.222 e. The number of benzene rings is 1. The molecule has 0 saturated heterocycles. The number of likely N-dealkylation sites (N-methyl/N-ethyl adjacent to an activating group) is 1. The van der Waals surface area contributed by atoms with Crippen molar-refractivity contribution in [1.82, 2.24) is 10.2 Å². The van der Waals surface area contributed by atoms with Gasteiger partial charge in [0.1, 0.15) is 18.4 Å². The summed E-state index contributed by atoms with van der Waals surface area (Å²) in [5, 5.41) is 11.4. The zero-order valence-electron chi connectivity index (χ0n) is 20.5. The summed E-state index contributed by atoms with van der Waals surface area (Å²) in [4.78, 5) is 26.7. The van der Waals surface area contributed by atoms with Crippen LogP contribution in [0, 0.1) is 23.1 Å². The molecule has 1 aliphatic rings. The Labute approximate surface area is 202 Å². The molecule has 7 nitrogen and oxygen atoms in total. The van der Waals surface area contributed by atoms with Gasteiger partial charge in [0.2, 0.25) is 5.91 Å². The fourth-order valence-electron chi connectivity index (χ4n) is 3.22. The first-order valence-corrected chi connectivity index (χ1v) is 11.6. The number of hydrogen-bond acceptors (Lipinski definition) is 5. The summed E-state index contributed by atoms with van der Waals surface area (Å²) in [6, 6.07) is 5.82. The number of carbonyl (C=O) groups excluding carboxylic acids is 2. The lowest BCUT2D eigenvalue weighted by Gasteiger charge is -2.22. The molecule has 1 aliphatic carbocycles. The van der Waals surface area contributed by atoms with Gasteiger partial charge in [0.05, 0.1) is 5.71 Å². The highest BCUT2D eigenvalue weighted by atomic mass is 19.1. The lowest BCUT2D eigenvalue weighted by Crippen LogP contribution is -2.36. The first-order chi connectivity index (χ1) is 16.3. The highest BCUT2D eigenvalue weighted by molar-refractivity contribution is 6.12. The van der Waals surface area contributed by atoms with E-state index in [9.17, 15) is 9.18 Å². The van der Waals surface area contributed by atoms with E-state index in [0.29, 0.717) is 43.2 Å². The summed E-state index contributed by atoms with van der Waals surface area (Å²) in [5.41, 5.74) is 7.81. The normalized spacial score (nSPS) is 14.1. The van der Waals surface area contributed by atoms with Gasteiger partial charge in [-0.3, -0.25) is 4.79 Å². The summed E-state index contributed by atoms with van der Waals surface area (Å²) in [6.45, 7) is 8.10. The molecule has 0 aliphatic heterocycles. The number of nitrogens with one attached hydrogen (secondary N) is 2. The molecule has 0 atom stereocenters. The Bertz CT molecular complexity index is 874. The number of allylic oxidation sites excluding steroid dienone is 1. The quantitative estimate of drug-likeness (QED) is 0.301. The molecule has 0 aromatic heterocycles. The smallest absolute Gasteiger partial charge is 0.222 e. The van der Waals surface area contributed by atoms with Crippen molar-refractivity contribution in [2.45, 2.75) is 39.5 Å². The molecule has 0 bridgehead atoms. The molecule has 1 aromatic carbocycles. The van der Waals surface area contributed by atoms with Gasteiger partial charge in [-0.2, -0.15) is 0 Å². The van der Waals surface area contributed by atoms with Gasteiger partial charge >= 0.3 is 0 Å². The number of carbonyl (C=O) groups is 2. The van der Waals surface area contributed by atoms with E-state index in [0.717, 1.165) is 12.1 Å². The Kier molecular flexibility index (Phi) is 13.3. The zero-order chi connectivity index (χ0) is 25.5. The number of hydrogen-bond donors (Lipinski definition) is 3. The molecular formula is C26H38FN5O2. The van der Waals surface area contributed by atoms with Crippen LogP contribution in [-0.2, 0) is 9.59 Å². The molecule has 1 saturated carbocycles. The maximum atomic E-state index is 13.1. The number of rotatable bonds is 13. The zero-order valence-corrected chi connectivity index (χ0v) is 20.5. The van der Waals surface area contributed by atoms with E-state index in [1.54, 1.807) is 24.4 Å². The predicted octanol–water partition coefficient (Wildman–Crippen LogP) is 3.70. The van der Waals surface area contributed by atoms with Crippen molar-refractivity contribution in [3.63, 3.8) is 0 Å². The van der Waals surface area contributed by atoms with E-state index in [4.69, 9.17) is 15.9 Å². The molecule has 4 N–H and O–H groups in total. The van der Waals surface area contributed by atoms with Gasteiger partial charge in [0.15, 0.2) is 0 Å². The van der Waals surface area contributed by atoms with Gasteiger partial charge in [-0.15, -0.1) is 0 Å². The van der Waals surface area contributed by atoms with Crippen LogP contribution in [0.15, 0.2) is 53.2 Å². The van der Waals surface area contributed by atoms with Crippen LogP contribution in [-0.4, -0.2) is 55.8 Å². The van der Waals surface area contributed by atoms with Crippen LogP contribution >= 0.6 is 0 Å². The molecule has 8 heteroatoms. The average molecular weight is 472 g/mol. The summed E-state index contributed by atoms with van der Waals surface area (Å²) in [7, 11) is 1.89. The Morgan fingerprint density at radius 1 is 1.29 bits per heavy atom. The second-order valence-corrected chi connectivity index (χ2v) is 8.49. The van der Waals surface area contributed by atoms with E-state index < -0.39 is 0 Å². The van der Waals surface area contributed by atoms with Crippen molar-refractivity contribution >= 4 is 24.2 Å². The third kappa shape index (κ3) is 10.7. The first-order valence-electron chi connectivity index (χ1n) is 11.6. The van der Waals surface area contributed by atoms with E-state index in [1.807, 2.05) is 38.7 Å². The van der Waals surface area contributed by atoms with Gasteiger partial charge in [-0.1, -0.05) is 19.9 Å². The van der Waals surface area contributed by atoms with Crippen LogP contribution in [0.3, 0.4) is 0 Å². The van der Waals surface area contributed by atoms with Crippen molar-refractivity contribution in [3.05, 3.63) is 59.6 Å². The van der Waals surface area contributed by atoms with Crippen LogP contribution < -0.4 is 11.1 Å². The molecule has 0 radical (unpaired) electrons. The molecule has 34 heavy (non-hydrogen) atoms. The first kappa shape index (κ1) is 28.9. The molecular weight excluding hydrogens is 433 g/mol. The van der Waals surface area contributed by atoms with Gasteiger partial charge in [-0.05, 0) is 79.6 Å². The van der Waals surface area contributed by atoms with Gasteiger partial charge in [0.25, 0.3) is 0 Å². The van der Waals surface area contributed by atoms with Crippen molar-refractivity contribution < 1.29 is 14.0 Å². The van der Waals surface area contributed by atoms with E-state index in [2.05, 4.69) is 10.3 Å². The minimum absolute atomic E-state index is 0.0741. The molecule has 186 valence electrons. The van der Waals surface area contributed by atoms with Crippen molar-refractivity contribution in [3.8, 4) is 0 Å². The average Bonchev–Trinajstić information content (AvgIpc) is 3.64. The summed E-state index contributed by atoms with van der Waals surface area (Å²) in [6.07, 6.45) is 8.94. The number of halogens is 1. The van der Waals surface area contributed by atoms with Crippen molar-refractivity contribution in [2.75, 3.05) is 26.7 Å². The second-order valence-electron chi connectivity index (χ2n) is 8.49. The number of amides is 1. The van der Waals surface area contributed by atoms with Crippen LogP contribution in [0.25, 0.3) is 0 Å².